The molecule has 0 amide bonds. The number of hydrogen-bond acceptors (Lipinski definition) is 2. The third kappa shape index (κ3) is 5.39. The molecule has 0 aliphatic carbocycles. The molecule has 0 radical (unpaired) electrons. The molecule has 0 aliphatic heterocycles. The Hall–Kier alpha value is -0.643. The predicted molar refractivity (Wildman–Crippen MR) is 88.4 cm³/mol. The smallest absolute Gasteiger partial charge is 0.338 e. The zero-order valence-corrected chi connectivity index (χ0v) is 14.5. The highest BCUT2D eigenvalue weighted by Gasteiger charge is 2.36. The first-order valence-electron chi connectivity index (χ1n) is 7.82. The van der Waals surface area contributed by atoms with E-state index in [0.717, 1.165) is 12.1 Å². The van der Waals surface area contributed by atoms with E-state index in [9.17, 15) is 0 Å². The quantitative estimate of drug-likeness (QED) is 0.441. The fraction of sp³-hybridized carbons (Fsp3) is 0.647. The molecule has 3 heteroatoms. The Morgan fingerprint density at radius 1 is 1.00 bits per heavy atom. The zero-order valence-electron chi connectivity index (χ0n) is 13.5. The highest BCUT2D eigenvalue weighted by molar-refractivity contribution is 6.67. The van der Waals surface area contributed by atoms with Crippen LogP contribution in [0.1, 0.15) is 51.0 Å². The van der Waals surface area contributed by atoms with Gasteiger partial charge in [0, 0.05) is 14.2 Å². The Balaban J connectivity index is 2.60. The van der Waals surface area contributed by atoms with Crippen LogP contribution in [0.25, 0.3) is 0 Å². The maximum Gasteiger partial charge on any atom is 0.338 e. The average molecular weight is 295 g/mol. The Labute approximate surface area is 125 Å². The van der Waals surface area contributed by atoms with Gasteiger partial charge < -0.3 is 8.85 Å². The highest BCUT2D eigenvalue weighted by atomic mass is 28.4. The summed E-state index contributed by atoms with van der Waals surface area (Å²) in [5.41, 5.74) is 1.38. The average Bonchev–Trinajstić information content (AvgIpc) is 2.51. The summed E-state index contributed by atoms with van der Waals surface area (Å²) in [5, 5.41) is 0. The first-order valence-corrected chi connectivity index (χ1v) is 10.1. The van der Waals surface area contributed by atoms with Gasteiger partial charge in [-0.3, -0.25) is 0 Å². The van der Waals surface area contributed by atoms with E-state index in [-0.39, 0.29) is 0 Å². The van der Waals surface area contributed by atoms with Crippen molar-refractivity contribution >= 4 is 8.56 Å². The van der Waals surface area contributed by atoms with E-state index < -0.39 is 8.56 Å². The van der Waals surface area contributed by atoms with E-state index >= 15 is 0 Å². The van der Waals surface area contributed by atoms with Gasteiger partial charge in [0.1, 0.15) is 0 Å². The fourth-order valence-electron chi connectivity index (χ4n) is 2.74. The van der Waals surface area contributed by atoms with Crippen LogP contribution < -0.4 is 0 Å². The maximum absolute atomic E-state index is 5.88. The molecule has 0 aromatic heterocycles. The van der Waals surface area contributed by atoms with Gasteiger partial charge in [0.25, 0.3) is 0 Å². The van der Waals surface area contributed by atoms with Gasteiger partial charge in [0.15, 0.2) is 0 Å². The van der Waals surface area contributed by atoms with E-state index in [0.29, 0.717) is 5.92 Å². The lowest BCUT2D eigenvalue weighted by molar-refractivity contribution is 0.237. The topological polar surface area (TPSA) is 18.5 Å². The Morgan fingerprint density at radius 3 is 2.20 bits per heavy atom. The summed E-state index contributed by atoms with van der Waals surface area (Å²) in [6, 6.07) is 12.8. The zero-order chi connectivity index (χ0) is 14.8. The van der Waals surface area contributed by atoms with Crippen LogP contribution in [-0.4, -0.2) is 22.8 Å². The van der Waals surface area contributed by atoms with Crippen molar-refractivity contribution in [3.8, 4) is 0 Å². The number of rotatable bonds is 10. The highest BCUT2D eigenvalue weighted by Crippen LogP contribution is 2.30. The molecule has 0 N–H and O–H groups in total. The van der Waals surface area contributed by atoms with Gasteiger partial charge in [-0.25, -0.2) is 0 Å². The van der Waals surface area contributed by atoms with Gasteiger partial charge >= 0.3 is 8.56 Å². The van der Waals surface area contributed by atoms with Gasteiger partial charge in [0.2, 0.25) is 0 Å². The predicted octanol–water partition coefficient (Wildman–Crippen LogP) is 5.11. The molecule has 1 atom stereocenters. The summed E-state index contributed by atoms with van der Waals surface area (Å²) < 4.78 is 11.8. The molecule has 1 unspecified atom stereocenters. The second kappa shape index (κ2) is 9.32. The van der Waals surface area contributed by atoms with Gasteiger partial charge in [-0.1, -0.05) is 69.9 Å². The third-order valence-corrected chi connectivity index (χ3v) is 7.98. The van der Waals surface area contributed by atoms with Crippen molar-refractivity contribution in [3.05, 3.63) is 35.9 Å². The molecule has 1 aromatic rings. The van der Waals surface area contributed by atoms with Crippen molar-refractivity contribution in [2.24, 2.45) is 0 Å². The Kier molecular flexibility index (Phi) is 8.11. The van der Waals surface area contributed by atoms with E-state index in [2.05, 4.69) is 44.2 Å². The van der Waals surface area contributed by atoms with E-state index in [1.54, 1.807) is 0 Å². The van der Waals surface area contributed by atoms with Crippen molar-refractivity contribution in [3.63, 3.8) is 0 Å². The molecular weight excluding hydrogens is 264 g/mol. The molecule has 0 fully saturated rings. The molecule has 2 nitrogen and oxygen atoms in total. The molecule has 1 rings (SSSR count). The molecule has 0 saturated carbocycles. The minimum absolute atomic E-state index is 0.494. The van der Waals surface area contributed by atoms with Crippen LogP contribution in [0.15, 0.2) is 30.3 Å². The lowest BCUT2D eigenvalue weighted by Gasteiger charge is -2.30. The molecule has 20 heavy (non-hydrogen) atoms. The van der Waals surface area contributed by atoms with Gasteiger partial charge in [-0.05, 0) is 23.6 Å². The molecule has 0 spiro atoms. The summed E-state index contributed by atoms with van der Waals surface area (Å²) in [5.74, 6) is 0.494. The van der Waals surface area contributed by atoms with Crippen LogP contribution in [0.2, 0.25) is 12.1 Å². The maximum atomic E-state index is 5.88. The van der Waals surface area contributed by atoms with Crippen molar-refractivity contribution in [1.29, 1.82) is 0 Å². The lowest BCUT2D eigenvalue weighted by Crippen LogP contribution is -2.41. The molecule has 0 bridgehead atoms. The van der Waals surface area contributed by atoms with Crippen molar-refractivity contribution in [2.45, 2.75) is 57.5 Å². The molecular formula is C17H30O2Si. The van der Waals surface area contributed by atoms with Crippen LogP contribution in [0.3, 0.4) is 0 Å². The van der Waals surface area contributed by atoms with Crippen LogP contribution >= 0.6 is 0 Å². The van der Waals surface area contributed by atoms with Crippen LogP contribution in [0.5, 0.6) is 0 Å². The number of hydrogen-bond donors (Lipinski definition) is 0. The van der Waals surface area contributed by atoms with E-state index in [4.69, 9.17) is 8.85 Å². The molecule has 0 aliphatic rings. The van der Waals surface area contributed by atoms with Gasteiger partial charge in [0.05, 0.1) is 0 Å². The van der Waals surface area contributed by atoms with Crippen molar-refractivity contribution in [1.82, 2.24) is 0 Å². The van der Waals surface area contributed by atoms with Crippen molar-refractivity contribution in [2.75, 3.05) is 14.2 Å². The normalized spacial score (nSPS) is 13.4. The van der Waals surface area contributed by atoms with Crippen LogP contribution in [0, 0.1) is 0 Å². The number of benzene rings is 1. The van der Waals surface area contributed by atoms with Crippen LogP contribution in [0.4, 0.5) is 0 Å². The van der Waals surface area contributed by atoms with E-state index in [1.807, 2.05) is 14.2 Å². The minimum Gasteiger partial charge on any atom is -0.398 e. The monoisotopic (exact) mass is 294 g/mol. The standard InChI is InChI=1S/C17H30O2Si/c1-5-6-7-11-14-20(18-3,19-4)15-16(2)17-12-9-8-10-13-17/h8-10,12-13,16H,5-7,11,14-15H2,1-4H3. The SMILES string of the molecule is CCCCCC[Si](CC(C)c1ccccc1)(OC)OC. The minimum atomic E-state index is -2.04. The third-order valence-electron chi connectivity index (χ3n) is 4.14. The summed E-state index contributed by atoms with van der Waals surface area (Å²) in [4.78, 5) is 0. The van der Waals surface area contributed by atoms with Crippen LogP contribution in [-0.2, 0) is 8.85 Å². The Morgan fingerprint density at radius 2 is 1.65 bits per heavy atom. The molecule has 1 aromatic carbocycles. The summed E-state index contributed by atoms with van der Waals surface area (Å²) in [6.07, 6.45) is 5.10. The second-order valence-electron chi connectivity index (χ2n) is 5.65. The summed E-state index contributed by atoms with van der Waals surface area (Å²) >= 11 is 0. The first kappa shape index (κ1) is 17.4. The first-order chi connectivity index (χ1) is 9.67. The van der Waals surface area contributed by atoms with Gasteiger partial charge in [-0.2, -0.15) is 0 Å². The molecule has 114 valence electrons. The Bertz CT molecular complexity index is 349. The van der Waals surface area contributed by atoms with Gasteiger partial charge in [-0.15, -0.1) is 0 Å². The molecule has 0 heterocycles. The summed E-state index contributed by atoms with van der Waals surface area (Å²) in [6.45, 7) is 4.52. The largest absolute Gasteiger partial charge is 0.398 e. The lowest BCUT2D eigenvalue weighted by atomic mass is 10.0. The van der Waals surface area contributed by atoms with E-state index in [1.165, 1.54) is 31.2 Å². The summed E-state index contributed by atoms with van der Waals surface area (Å²) in [7, 11) is 1.61. The number of unbranched alkanes of at least 4 members (excludes halogenated alkanes) is 3. The van der Waals surface area contributed by atoms with Crippen molar-refractivity contribution < 1.29 is 8.85 Å². The second-order valence-corrected chi connectivity index (χ2v) is 9.19. The fourth-order valence-corrected chi connectivity index (χ4v) is 5.81. The molecule has 0 saturated heterocycles.